The van der Waals surface area contributed by atoms with Crippen molar-refractivity contribution in [2.75, 3.05) is 20.2 Å². The minimum atomic E-state index is -4.10. The molecular formula is C28H37N3O4S. The fourth-order valence-corrected chi connectivity index (χ4v) is 4.89. The van der Waals surface area contributed by atoms with Gasteiger partial charge in [0.2, 0.25) is 5.91 Å². The molecule has 8 heteroatoms. The van der Waals surface area contributed by atoms with Crippen LogP contribution in [0.4, 0.5) is 0 Å². The lowest BCUT2D eigenvalue weighted by Crippen LogP contribution is -2.42. The number of amides is 1. The second-order valence-corrected chi connectivity index (χ2v) is 11.1. The Bertz CT molecular complexity index is 1200. The van der Waals surface area contributed by atoms with E-state index in [4.69, 9.17) is 10.5 Å². The Morgan fingerprint density at radius 1 is 1.06 bits per heavy atom. The molecule has 0 aliphatic carbocycles. The number of carbonyl (C=O) groups is 1. The number of hydrogen-bond donors (Lipinski definition) is 1. The van der Waals surface area contributed by atoms with Gasteiger partial charge in [0.15, 0.2) is 5.88 Å². The third-order valence-corrected chi connectivity index (χ3v) is 7.48. The van der Waals surface area contributed by atoms with E-state index in [1.807, 2.05) is 37.3 Å². The Kier molecular flexibility index (Phi) is 9.93. The molecule has 0 saturated heterocycles. The van der Waals surface area contributed by atoms with Crippen LogP contribution >= 0.6 is 0 Å². The molecule has 2 rings (SSSR count). The number of rotatable bonds is 11. The first kappa shape index (κ1) is 28.7. The summed E-state index contributed by atoms with van der Waals surface area (Å²) in [4.78, 5) is 15.0. The van der Waals surface area contributed by atoms with Crippen LogP contribution in [0, 0.1) is 0 Å². The highest BCUT2D eigenvalue weighted by atomic mass is 32.2. The van der Waals surface area contributed by atoms with Crippen LogP contribution in [0.5, 0.6) is 0 Å². The molecule has 0 bridgehead atoms. The molecular weight excluding hydrogens is 474 g/mol. The summed E-state index contributed by atoms with van der Waals surface area (Å²) in [5.74, 6) is -0.250. The zero-order valence-corrected chi connectivity index (χ0v) is 22.6. The molecule has 2 aromatic rings. The van der Waals surface area contributed by atoms with Crippen LogP contribution in [0.15, 0.2) is 95.9 Å². The first-order valence-corrected chi connectivity index (χ1v) is 13.2. The molecule has 0 unspecified atom stereocenters. The number of nitrogens with two attached hydrogens (primary N) is 1. The van der Waals surface area contributed by atoms with Gasteiger partial charge in [0, 0.05) is 13.1 Å². The first-order chi connectivity index (χ1) is 16.9. The largest absolute Gasteiger partial charge is 0.483 e. The van der Waals surface area contributed by atoms with Crippen LogP contribution in [0.1, 0.15) is 38.8 Å². The lowest BCUT2D eigenvalue weighted by Gasteiger charge is -2.29. The maximum Gasteiger partial charge on any atom is 0.264 e. The molecule has 0 fully saturated rings. The maximum atomic E-state index is 13.8. The molecule has 0 aliphatic heterocycles. The fourth-order valence-electron chi connectivity index (χ4n) is 3.46. The normalized spacial score (nSPS) is 12.7. The van der Waals surface area contributed by atoms with E-state index in [0.717, 1.165) is 15.4 Å². The molecule has 2 N–H and O–H groups in total. The summed E-state index contributed by atoms with van der Waals surface area (Å²) in [6, 6.07) is 16.3. The van der Waals surface area contributed by atoms with Crippen LogP contribution in [-0.4, -0.2) is 43.7 Å². The second-order valence-electron chi connectivity index (χ2n) is 9.25. The standard InChI is InChI=1S/C28H37N3O4S/c1-7-24(16-19-26(29)35-6)31(21-27(32)30(8-2)20-22-12-10-9-11-13-22)36(33,34)25-17-14-23(15-18-25)28(3,4)5/h7,9-19H,1,8,20-21,29H2,2-6H3/b24-16+,26-19+. The summed E-state index contributed by atoms with van der Waals surface area (Å²) < 4.78 is 33.6. The molecule has 0 radical (unpaired) electrons. The summed E-state index contributed by atoms with van der Waals surface area (Å²) in [6.45, 7) is 12.2. The monoisotopic (exact) mass is 511 g/mol. The highest BCUT2D eigenvalue weighted by Gasteiger charge is 2.29. The summed E-state index contributed by atoms with van der Waals surface area (Å²) >= 11 is 0. The molecule has 0 atom stereocenters. The van der Waals surface area contributed by atoms with Gasteiger partial charge in [0.05, 0.1) is 17.7 Å². The number of ether oxygens (including phenoxy) is 1. The number of allylic oxidation sites excluding steroid dienone is 3. The lowest BCUT2D eigenvalue weighted by atomic mass is 9.87. The highest BCUT2D eigenvalue weighted by molar-refractivity contribution is 7.89. The third-order valence-electron chi connectivity index (χ3n) is 5.69. The van der Waals surface area contributed by atoms with Crippen molar-refractivity contribution in [2.24, 2.45) is 5.73 Å². The van der Waals surface area contributed by atoms with Gasteiger partial charge in [-0.15, -0.1) is 0 Å². The number of benzene rings is 2. The molecule has 0 aliphatic rings. The van der Waals surface area contributed by atoms with Crippen molar-refractivity contribution in [2.45, 2.75) is 44.6 Å². The maximum absolute atomic E-state index is 13.8. The molecule has 0 saturated carbocycles. The van der Waals surface area contributed by atoms with E-state index in [9.17, 15) is 13.2 Å². The van der Waals surface area contributed by atoms with Crippen molar-refractivity contribution in [3.05, 3.63) is 102 Å². The van der Waals surface area contributed by atoms with Crippen LogP contribution in [-0.2, 0) is 31.5 Å². The van der Waals surface area contributed by atoms with E-state index in [2.05, 4.69) is 27.4 Å². The Morgan fingerprint density at radius 2 is 1.67 bits per heavy atom. The van der Waals surface area contributed by atoms with Gasteiger partial charge in [-0.1, -0.05) is 69.8 Å². The van der Waals surface area contributed by atoms with Crippen molar-refractivity contribution in [3.8, 4) is 0 Å². The molecule has 1 amide bonds. The van der Waals surface area contributed by atoms with Gasteiger partial charge < -0.3 is 15.4 Å². The van der Waals surface area contributed by atoms with E-state index in [-0.39, 0.29) is 27.8 Å². The van der Waals surface area contributed by atoms with Gasteiger partial charge >= 0.3 is 0 Å². The summed E-state index contributed by atoms with van der Waals surface area (Å²) in [7, 11) is -2.70. The average molecular weight is 512 g/mol. The Balaban J connectivity index is 2.50. The molecule has 0 heterocycles. The zero-order chi connectivity index (χ0) is 26.9. The predicted molar refractivity (Wildman–Crippen MR) is 144 cm³/mol. The van der Waals surface area contributed by atoms with E-state index < -0.39 is 16.6 Å². The number of methoxy groups -OCH3 is 1. The van der Waals surface area contributed by atoms with Crippen molar-refractivity contribution < 1.29 is 17.9 Å². The van der Waals surface area contributed by atoms with Crippen LogP contribution in [0.3, 0.4) is 0 Å². The minimum absolute atomic E-state index is 0.0749. The van der Waals surface area contributed by atoms with Gasteiger partial charge in [-0.3, -0.25) is 9.10 Å². The van der Waals surface area contributed by atoms with Gasteiger partial charge in [0.25, 0.3) is 10.0 Å². The first-order valence-electron chi connectivity index (χ1n) is 11.7. The second kappa shape index (κ2) is 12.4. The highest BCUT2D eigenvalue weighted by Crippen LogP contribution is 2.26. The van der Waals surface area contributed by atoms with E-state index >= 15 is 0 Å². The Morgan fingerprint density at radius 3 is 2.17 bits per heavy atom. The third kappa shape index (κ3) is 7.49. The zero-order valence-electron chi connectivity index (χ0n) is 21.8. The summed E-state index contributed by atoms with van der Waals surface area (Å²) in [5.41, 5.74) is 7.74. The minimum Gasteiger partial charge on any atom is -0.483 e. The van der Waals surface area contributed by atoms with Crippen LogP contribution < -0.4 is 5.73 Å². The van der Waals surface area contributed by atoms with Crippen LogP contribution in [0.25, 0.3) is 0 Å². The van der Waals surface area contributed by atoms with Crippen molar-refractivity contribution in [1.29, 1.82) is 0 Å². The molecule has 0 aromatic heterocycles. The van der Waals surface area contributed by atoms with Crippen LogP contribution in [0.2, 0.25) is 0 Å². The summed E-state index contributed by atoms with van der Waals surface area (Å²) in [5, 5.41) is 0. The van der Waals surface area contributed by atoms with Gasteiger partial charge in [-0.2, -0.15) is 0 Å². The number of carbonyl (C=O) groups excluding carboxylic acids is 1. The van der Waals surface area contributed by atoms with Gasteiger partial charge in [-0.05, 0) is 53.8 Å². The van der Waals surface area contributed by atoms with E-state index in [1.54, 1.807) is 29.2 Å². The smallest absolute Gasteiger partial charge is 0.264 e. The molecule has 7 nitrogen and oxygen atoms in total. The molecule has 2 aromatic carbocycles. The quantitative estimate of drug-likeness (QED) is 0.353. The van der Waals surface area contributed by atoms with E-state index in [1.165, 1.54) is 25.3 Å². The van der Waals surface area contributed by atoms with Crippen molar-refractivity contribution >= 4 is 15.9 Å². The van der Waals surface area contributed by atoms with E-state index in [0.29, 0.717) is 13.1 Å². The Hall–Kier alpha value is -3.52. The molecule has 36 heavy (non-hydrogen) atoms. The fraction of sp³-hybridized carbons (Fsp3) is 0.321. The number of nitrogens with zero attached hydrogens (tertiary/aromatic N) is 2. The number of likely N-dealkylation sites (N-methyl/N-ethyl adjacent to an activating group) is 1. The predicted octanol–water partition coefficient (Wildman–Crippen LogP) is 4.54. The Labute approximate surface area is 215 Å². The molecule has 194 valence electrons. The van der Waals surface area contributed by atoms with Crippen molar-refractivity contribution in [1.82, 2.24) is 9.21 Å². The topological polar surface area (TPSA) is 92.9 Å². The summed E-state index contributed by atoms with van der Waals surface area (Å²) in [6.07, 6.45) is 4.27. The molecule has 0 spiro atoms. The average Bonchev–Trinajstić information content (AvgIpc) is 2.86. The lowest BCUT2D eigenvalue weighted by molar-refractivity contribution is -0.131. The number of sulfonamides is 1. The van der Waals surface area contributed by atoms with Gasteiger partial charge in [-0.25, -0.2) is 8.42 Å². The number of hydrogen-bond acceptors (Lipinski definition) is 5. The van der Waals surface area contributed by atoms with Gasteiger partial charge in [0.1, 0.15) is 6.54 Å². The SMILES string of the molecule is C=C/C(=C\C=C(/N)OC)N(CC(=O)N(CC)Cc1ccccc1)S(=O)(=O)c1ccc(C(C)(C)C)cc1. The van der Waals surface area contributed by atoms with Crippen molar-refractivity contribution in [3.63, 3.8) is 0 Å².